The number of aryl methyl sites for hydroxylation is 1. The Hall–Kier alpha value is -2.70. The molecule has 0 spiro atoms. The number of aromatic nitrogens is 3. The van der Waals surface area contributed by atoms with Gasteiger partial charge in [0.1, 0.15) is 5.82 Å². The van der Waals surface area contributed by atoms with Gasteiger partial charge in [-0.05, 0) is 25.8 Å². The van der Waals surface area contributed by atoms with Gasteiger partial charge in [-0.2, -0.15) is 4.98 Å². The van der Waals surface area contributed by atoms with Crippen LogP contribution in [-0.4, -0.2) is 35.0 Å². The Morgan fingerprint density at radius 1 is 1.23 bits per heavy atom. The molecule has 1 aliphatic carbocycles. The fourth-order valence-corrected chi connectivity index (χ4v) is 3.59. The number of pyridine rings is 1. The van der Waals surface area contributed by atoms with E-state index in [1.165, 1.54) is 6.42 Å². The van der Waals surface area contributed by atoms with Gasteiger partial charge in [-0.15, -0.1) is 0 Å². The van der Waals surface area contributed by atoms with Crippen LogP contribution in [0.2, 0.25) is 0 Å². The molecule has 0 aliphatic heterocycles. The zero-order valence-electron chi connectivity index (χ0n) is 15.6. The summed E-state index contributed by atoms with van der Waals surface area (Å²) in [7, 11) is 3.86. The number of nitrogens with one attached hydrogen (secondary N) is 1. The van der Waals surface area contributed by atoms with Crippen molar-refractivity contribution in [3.8, 4) is 0 Å². The summed E-state index contributed by atoms with van der Waals surface area (Å²) in [5, 5.41) is 3.17. The van der Waals surface area contributed by atoms with Crippen molar-refractivity contribution in [3.63, 3.8) is 0 Å². The summed E-state index contributed by atoms with van der Waals surface area (Å²) in [5.74, 6) is 1.07. The second-order valence-electron chi connectivity index (χ2n) is 7.04. The molecule has 0 atom stereocenters. The fraction of sp³-hybridized carbons (Fsp3) is 0.474. The minimum Gasteiger partial charge on any atom is -0.365 e. The van der Waals surface area contributed by atoms with Crippen LogP contribution in [-0.2, 0) is 0 Å². The van der Waals surface area contributed by atoms with Crippen LogP contribution in [0.15, 0.2) is 18.5 Å². The lowest BCUT2D eigenvalue weighted by Gasteiger charge is -2.24. The van der Waals surface area contributed by atoms with Crippen LogP contribution >= 0.6 is 0 Å². The highest BCUT2D eigenvalue weighted by Crippen LogP contribution is 2.35. The summed E-state index contributed by atoms with van der Waals surface area (Å²) >= 11 is 0. The Bertz CT molecular complexity index is 799. The molecule has 0 unspecified atom stereocenters. The first-order valence-corrected chi connectivity index (χ1v) is 9.04. The number of hydrogen-bond donors (Lipinski definition) is 2. The molecule has 0 saturated heterocycles. The molecule has 138 valence electrons. The SMILES string of the molecule is Cc1cnc(Nc2ccnc(C3CCCCC3)c2C(N)=O)nc1N(C)C. The molecule has 1 aliphatic rings. The van der Waals surface area contributed by atoms with Crippen molar-refractivity contribution in [2.24, 2.45) is 5.73 Å². The molecule has 1 fully saturated rings. The van der Waals surface area contributed by atoms with E-state index in [1.54, 1.807) is 18.5 Å². The number of carbonyl (C=O) groups is 1. The summed E-state index contributed by atoms with van der Waals surface area (Å²) in [6.07, 6.45) is 9.14. The summed E-state index contributed by atoms with van der Waals surface area (Å²) in [6, 6.07) is 1.75. The molecule has 2 heterocycles. The maximum atomic E-state index is 12.2. The zero-order valence-corrected chi connectivity index (χ0v) is 15.6. The number of nitrogens with zero attached hydrogens (tertiary/aromatic N) is 4. The minimum atomic E-state index is -0.471. The first kappa shape index (κ1) is 18.1. The lowest BCUT2D eigenvalue weighted by Crippen LogP contribution is -2.20. The molecule has 1 saturated carbocycles. The monoisotopic (exact) mass is 354 g/mol. The van der Waals surface area contributed by atoms with Crippen molar-refractivity contribution in [2.75, 3.05) is 24.3 Å². The van der Waals surface area contributed by atoms with E-state index in [-0.39, 0.29) is 5.92 Å². The van der Waals surface area contributed by atoms with Crippen LogP contribution in [0.4, 0.5) is 17.5 Å². The Morgan fingerprint density at radius 3 is 2.62 bits per heavy atom. The van der Waals surface area contributed by atoms with E-state index >= 15 is 0 Å². The van der Waals surface area contributed by atoms with E-state index < -0.39 is 5.91 Å². The van der Waals surface area contributed by atoms with Gasteiger partial charge in [0.25, 0.3) is 5.91 Å². The number of hydrogen-bond acceptors (Lipinski definition) is 6. The van der Waals surface area contributed by atoms with Crippen molar-refractivity contribution < 1.29 is 4.79 Å². The largest absolute Gasteiger partial charge is 0.365 e. The van der Waals surface area contributed by atoms with Crippen LogP contribution in [0.3, 0.4) is 0 Å². The average molecular weight is 354 g/mol. The van der Waals surface area contributed by atoms with Gasteiger partial charge in [0.15, 0.2) is 0 Å². The highest BCUT2D eigenvalue weighted by Gasteiger charge is 2.24. The second-order valence-corrected chi connectivity index (χ2v) is 7.04. The molecule has 7 nitrogen and oxygen atoms in total. The second kappa shape index (κ2) is 7.68. The maximum Gasteiger partial charge on any atom is 0.252 e. The first-order chi connectivity index (χ1) is 12.5. The van der Waals surface area contributed by atoms with Gasteiger partial charge in [0.05, 0.1) is 16.9 Å². The van der Waals surface area contributed by atoms with E-state index in [9.17, 15) is 4.79 Å². The normalized spacial score (nSPS) is 14.9. The number of carbonyl (C=O) groups excluding carboxylic acids is 1. The molecule has 2 aromatic heterocycles. The third kappa shape index (κ3) is 3.76. The standard InChI is InChI=1S/C19H26N6O/c1-12-11-22-19(24-18(12)25(2)3)23-14-9-10-21-16(15(14)17(20)26)13-7-5-4-6-8-13/h9-11,13H,4-8H2,1-3H3,(H2,20,26)(H,21,22,23,24). The van der Waals surface area contributed by atoms with Gasteiger partial charge in [-0.25, -0.2) is 4.98 Å². The van der Waals surface area contributed by atoms with Crippen LogP contribution in [0.25, 0.3) is 0 Å². The van der Waals surface area contributed by atoms with E-state index in [2.05, 4.69) is 20.3 Å². The molecule has 7 heteroatoms. The first-order valence-electron chi connectivity index (χ1n) is 9.04. The van der Waals surface area contributed by atoms with Crippen LogP contribution < -0.4 is 16.0 Å². The summed E-state index contributed by atoms with van der Waals surface area (Å²) in [4.78, 5) is 27.5. The third-order valence-corrected chi connectivity index (χ3v) is 4.83. The molecule has 2 aromatic rings. The third-order valence-electron chi connectivity index (χ3n) is 4.83. The van der Waals surface area contributed by atoms with E-state index in [0.29, 0.717) is 17.2 Å². The quantitative estimate of drug-likeness (QED) is 0.856. The Balaban J connectivity index is 1.97. The summed E-state index contributed by atoms with van der Waals surface area (Å²) < 4.78 is 0. The Kier molecular flexibility index (Phi) is 5.35. The number of primary amides is 1. The van der Waals surface area contributed by atoms with Crippen molar-refractivity contribution >= 4 is 23.4 Å². The number of amides is 1. The van der Waals surface area contributed by atoms with Gasteiger partial charge >= 0.3 is 0 Å². The molecule has 3 rings (SSSR count). The predicted molar refractivity (Wildman–Crippen MR) is 103 cm³/mol. The molecular weight excluding hydrogens is 328 g/mol. The Morgan fingerprint density at radius 2 is 1.96 bits per heavy atom. The number of rotatable bonds is 5. The lowest BCUT2D eigenvalue weighted by atomic mass is 9.84. The van der Waals surface area contributed by atoms with Gasteiger partial charge in [-0.3, -0.25) is 9.78 Å². The Labute approximate surface area is 154 Å². The molecule has 0 bridgehead atoms. The van der Waals surface area contributed by atoms with Crippen molar-refractivity contribution in [1.82, 2.24) is 15.0 Å². The van der Waals surface area contributed by atoms with Crippen molar-refractivity contribution in [2.45, 2.75) is 44.9 Å². The zero-order chi connectivity index (χ0) is 18.7. The highest BCUT2D eigenvalue weighted by atomic mass is 16.1. The van der Waals surface area contributed by atoms with E-state index in [1.807, 2.05) is 25.9 Å². The lowest BCUT2D eigenvalue weighted by molar-refractivity contribution is 0.0999. The summed E-state index contributed by atoms with van der Waals surface area (Å²) in [5.41, 5.74) is 8.55. The number of anilines is 3. The maximum absolute atomic E-state index is 12.2. The van der Waals surface area contributed by atoms with Crippen molar-refractivity contribution in [3.05, 3.63) is 35.3 Å². The smallest absolute Gasteiger partial charge is 0.252 e. The molecule has 26 heavy (non-hydrogen) atoms. The topological polar surface area (TPSA) is 97.0 Å². The molecule has 1 amide bonds. The van der Waals surface area contributed by atoms with Gasteiger partial charge in [0.2, 0.25) is 5.95 Å². The average Bonchev–Trinajstić information content (AvgIpc) is 2.63. The van der Waals surface area contributed by atoms with Crippen LogP contribution in [0.1, 0.15) is 59.6 Å². The van der Waals surface area contributed by atoms with E-state index in [0.717, 1.165) is 42.8 Å². The minimum absolute atomic E-state index is 0.282. The fourth-order valence-electron chi connectivity index (χ4n) is 3.59. The number of nitrogens with two attached hydrogens (primary N) is 1. The van der Waals surface area contributed by atoms with Crippen molar-refractivity contribution in [1.29, 1.82) is 0 Å². The summed E-state index contributed by atoms with van der Waals surface area (Å²) in [6.45, 7) is 1.96. The predicted octanol–water partition coefficient (Wildman–Crippen LogP) is 3.14. The molecule has 3 N–H and O–H groups in total. The van der Waals surface area contributed by atoms with Gasteiger partial charge in [-0.1, -0.05) is 19.3 Å². The molecular formula is C19H26N6O. The van der Waals surface area contributed by atoms with E-state index in [4.69, 9.17) is 5.73 Å². The van der Waals surface area contributed by atoms with Crippen LogP contribution in [0.5, 0.6) is 0 Å². The van der Waals surface area contributed by atoms with Gasteiger partial charge in [0, 0.05) is 38.0 Å². The molecule has 0 radical (unpaired) electrons. The molecule has 0 aromatic carbocycles. The van der Waals surface area contributed by atoms with Crippen LogP contribution in [0, 0.1) is 6.92 Å². The highest BCUT2D eigenvalue weighted by molar-refractivity contribution is 6.00. The van der Waals surface area contributed by atoms with Gasteiger partial charge < -0.3 is 16.0 Å².